The Bertz CT molecular complexity index is 723. The van der Waals surface area contributed by atoms with Crippen molar-refractivity contribution in [2.45, 2.75) is 13.8 Å². The first-order chi connectivity index (χ1) is 10.4. The summed E-state index contributed by atoms with van der Waals surface area (Å²) in [7, 11) is 1.33. The van der Waals surface area contributed by atoms with E-state index in [1.54, 1.807) is 6.07 Å². The van der Waals surface area contributed by atoms with Gasteiger partial charge in [-0.3, -0.25) is 14.9 Å². The Hall–Kier alpha value is -2.96. The van der Waals surface area contributed by atoms with Gasteiger partial charge in [0.25, 0.3) is 5.91 Å². The number of nitro benzene ring substituents is 1. The molecule has 0 saturated heterocycles. The minimum Gasteiger partial charge on any atom is -0.490 e. The van der Waals surface area contributed by atoms with Gasteiger partial charge < -0.3 is 10.1 Å². The van der Waals surface area contributed by atoms with Crippen molar-refractivity contribution in [3.63, 3.8) is 0 Å². The van der Waals surface area contributed by atoms with Gasteiger partial charge in [0.15, 0.2) is 5.75 Å². The van der Waals surface area contributed by atoms with Gasteiger partial charge in [0.1, 0.15) is 5.82 Å². The number of hydrogen-bond donors (Lipinski definition) is 1. The van der Waals surface area contributed by atoms with Crippen LogP contribution in [0.2, 0.25) is 0 Å². The van der Waals surface area contributed by atoms with Gasteiger partial charge in [-0.05, 0) is 43.7 Å². The molecule has 2 rings (SSSR count). The molecule has 1 N–H and O–H groups in total. The Labute approximate surface area is 127 Å². The second-order valence-electron chi connectivity index (χ2n) is 4.77. The summed E-state index contributed by atoms with van der Waals surface area (Å²) in [6, 6.07) is 7.64. The molecular formula is C15H15N3O4. The summed E-state index contributed by atoms with van der Waals surface area (Å²) in [6.07, 6.45) is 0. The fraction of sp³-hybridized carbons (Fsp3) is 0.200. The predicted molar refractivity (Wildman–Crippen MR) is 81.3 cm³/mol. The Balaban J connectivity index is 2.29. The Morgan fingerprint density at radius 3 is 2.59 bits per heavy atom. The molecule has 0 aliphatic heterocycles. The first-order valence-corrected chi connectivity index (χ1v) is 6.50. The molecular weight excluding hydrogens is 286 g/mol. The monoisotopic (exact) mass is 301 g/mol. The van der Waals surface area contributed by atoms with E-state index >= 15 is 0 Å². The molecule has 0 unspecified atom stereocenters. The molecule has 22 heavy (non-hydrogen) atoms. The number of nitrogens with zero attached hydrogens (tertiary/aromatic N) is 2. The van der Waals surface area contributed by atoms with E-state index in [0.717, 1.165) is 11.3 Å². The van der Waals surface area contributed by atoms with Crippen LogP contribution in [-0.2, 0) is 0 Å². The third-order valence-corrected chi connectivity index (χ3v) is 2.98. The normalized spacial score (nSPS) is 10.1. The van der Waals surface area contributed by atoms with Crippen LogP contribution >= 0.6 is 0 Å². The lowest BCUT2D eigenvalue weighted by Gasteiger charge is -2.07. The van der Waals surface area contributed by atoms with E-state index in [1.807, 2.05) is 19.9 Å². The Kier molecular flexibility index (Phi) is 4.36. The van der Waals surface area contributed by atoms with Crippen LogP contribution in [0.5, 0.6) is 5.75 Å². The summed E-state index contributed by atoms with van der Waals surface area (Å²) < 4.78 is 4.91. The molecule has 0 spiro atoms. The van der Waals surface area contributed by atoms with Gasteiger partial charge in [0, 0.05) is 17.3 Å². The maximum atomic E-state index is 12.2. The van der Waals surface area contributed by atoms with Crippen LogP contribution < -0.4 is 10.1 Å². The lowest BCUT2D eigenvalue weighted by atomic mass is 10.1. The Morgan fingerprint density at radius 1 is 1.27 bits per heavy atom. The minimum absolute atomic E-state index is 0.103. The van der Waals surface area contributed by atoms with Crippen molar-refractivity contribution in [1.29, 1.82) is 0 Å². The van der Waals surface area contributed by atoms with Crippen LogP contribution in [0.25, 0.3) is 0 Å². The zero-order valence-corrected chi connectivity index (χ0v) is 12.4. The molecule has 0 atom stereocenters. The second kappa shape index (κ2) is 6.21. The van der Waals surface area contributed by atoms with Crippen molar-refractivity contribution in [2.75, 3.05) is 12.4 Å². The number of carbonyl (C=O) groups is 1. The molecule has 1 amide bonds. The minimum atomic E-state index is -0.593. The maximum Gasteiger partial charge on any atom is 0.311 e. The number of amides is 1. The summed E-state index contributed by atoms with van der Waals surface area (Å²) in [5.41, 5.74) is 1.64. The smallest absolute Gasteiger partial charge is 0.311 e. The largest absolute Gasteiger partial charge is 0.490 e. The number of rotatable bonds is 4. The van der Waals surface area contributed by atoms with Gasteiger partial charge in [-0.1, -0.05) is 0 Å². The van der Waals surface area contributed by atoms with Crippen molar-refractivity contribution in [1.82, 2.24) is 4.98 Å². The lowest BCUT2D eigenvalue weighted by Crippen LogP contribution is -2.13. The van der Waals surface area contributed by atoms with E-state index in [9.17, 15) is 14.9 Å². The quantitative estimate of drug-likeness (QED) is 0.692. The van der Waals surface area contributed by atoms with Gasteiger partial charge in [-0.2, -0.15) is 0 Å². The number of nitro groups is 1. The predicted octanol–water partition coefficient (Wildman–Crippen LogP) is 2.87. The highest BCUT2D eigenvalue weighted by molar-refractivity contribution is 6.04. The average Bonchev–Trinajstić information content (AvgIpc) is 2.45. The van der Waals surface area contributed by atoms with Gasteiger partial charge in [-0.15, -0.1) is 0 Å². The fourth-order valence-electron chi connectivity index (χ4n) is 2.07. The number of nitrogens with one attached hydrogen (secondary N) is 1. The average molecular weight is 301 g/mol. The van der Waals surface area contributed by atoms with Crippen LogP contribution in [0.3, 0.4) is 0 Å². The number of pyridine rings is 1. The number of carbonyl (C=O) groups excluding carboxylic acids is 1. The van der Waals surface area contributed by atoms with Gasteiger partial charge >= 0.3 is 5.69 Å². The summed E-state index contributed by atoms with van der Waals surface area (Å²) in [4.78, 5) is 26.8. The van der Waals surface area contributed by atoms with Crippen molar-refractivity contribution in [3.8, 4) is 5.75 Å². The first kappa shape index (κ1) is 15.4. The topological polar surface area (TPSA) is 94.4 Å². The number of ether oxygens (including phenoxy) is 1. The molecule has 1 heterocycles. The van der Waals surface area contributed by atoms with Crippen LogP contribution in [0, 0.1) is 24.0 Å². The summed E-state index contributed by atoms with van der Waals surface area (Å²) >= 11 is 0. The number of hydrogen-bond acceptors (Lipinski definition) is 5. The van der Waals surface area contributed by atoms with Gasteiger partial charge in [0.05, 0.1) is 12.0 Å². The zero-order chi connectivity index (χ0) is 16.3. The van der Waals surface area contributed by atoms with Crippen molar-refractivity contribution < 1.29 is 14.5 Å². The van der Waals surface area contributed by atoms with Crippen molar-refractivity contribution in [2.24, 2.45) is 0 Å². The highest BCUT2D eigenvalue weighted by atomic mass is 16.6. The van der Waals surface area contributed by atoms with E-state index < -0.39 is 10.8 Å². The van der Waals surface area contributed by atoms with E-state index in [4.69, 9.17) is 4.74 Å². The molecule has 0 aliphatic rings. The van der Waals surface area contributed by atoms with Crippen molar-refractivity contribution >= 4 is 17.4 Å². The van der Waals surface area contributed by atoms with Crippen molar-refractivity contribution in [3.05, 3.63) is 57.3 Å². The fourth-order valence-corrected chi connectivity index (χ4v) is 2.07. The molecule has 1 aromatic carbocycles. The molecule has 0 bridgehead atoms. The van der Waals surface area contributed by atoms with Crippen LogP contribution in [0.15, 0.2) is 30.3 Å². The molecule has 0 fully saturated rings. The molecule has 0 radical (unpaired) electrons. The summed E-state index contributed by atoms with van der Waals surface area (Å²) in [5, 5.41) is 13.6. The van der Waals surface area contributed by atoms with Crippen LogP contribution in [-0.4, -0.2) is 22.9 Å². The Morgan fingerprint density at radius 2 is 2.00 bits per heavy atom. The molecule has 7 heteroatoms. The van der Waals surface area contributed by atoms with E-state index in [2.05, 4.69) is 10.3 Å². The number of aryl methyl sites for hydroxylation is 2. The molecule has 114 valence electrons. The summed E-state index contributed by atoms with van der Waals surface area (Å²) in [5.74, 6) is 0.0373. The van der Waals surface area contributed by atoms with Crippen LogP contribution in [0.1, 0.15) is 21.6 Å². The molecule has 0 saturated carbocycles. The van der Waals surface area contributed by atoms with E-state index in [-0.39, 0.29) is 17.0 Å². The van der Waals surface area contributed by atoms with Crippen LogP contribution in [0.4, 0.5) is 11.5 Å². The second-order valence-corrected chi connectivity index (χ2v) is 4.77. The SMILES string of the molecule is COc1ccc(C(=O)Nc2cc(C)cc(C)n2)cc1[N+](=O)[O-]. The maximum absolute atomic E-state index is 12.2. The molecule has 1 aromatic heterocycles. The first-order valence-electron chi connectivity index (χ1n) is 6.50. The van der Waals surface area contributed by atoms with Gasteiger partial charge in [-0.25, -0.2) is 4.98 Å². The third kappa shape index (κ3) is 3.38. The highest BCUT2D eigenvalue weighted by Crippen LogP contribution is 2.27. The zero-order valence-electron chi connectivity index (χ0n) is 12.4. The van der Waals surface area contributed by atoms with Gasteiger partial charge in [0.2, 0.25) is 0 Å². The number of aromatic nitrogens is 1. The standard InChI is InChI=1S/C15H15N3O4/c1-9-6-10(2)16-14(7-9)17-15(19)11-4-5-13(22-3)12(8-11)18(20)21/h4-8H,1-3H3,(H,16,17,19). The lowest BCUT2D eigenvalue weighted by molar-refractivity contribution is -0.385. The molecule has 2 aromatic rings. The number of methoxy groups -OCH3 is 1. The highest BCUT2D eigenvalue weighted by Gasteiger charge is 2.18. The van der Waals surface area contributed by atoms with E-state index in [1.165, 1.54) is 25.3 Å². The third-order valence-electron chi connectivity index (χ3n) is 2.98. The summed E-state index contributed by atoms with van der Waals surface area (Å²) in [6.45, 7) is 3.71. The number of benzene rings is 1. The molecule has 7 nitrogen and oxygen atoms in total. The number of anilines is 1. The molecule has 0 aliphatic carbocycles. The van der Waals surface area contributed by atoms with E-state index in [0.29, 0.717) is 5.82 Å².